The number of nitrogens with zero attached hydrogens (tertiary/aromatic N) is 4. The molecule has 0 unspecified atom stereocenters. The van der Waals surface area contributed by atoms with Gasteiger partial charge in [0.05, 0.1) is 11.5 Å². The van der Waals surface area contributed by atoms with Crippen LogP contribution in [0.25, 0.3) is 0 Å². The Bertz CT molecular complexity index is 838. The number of aryl methyl sites for hydroxylation is 1. The number of hydrogen-bond donors (Lipinski definition) is 0. The van der Waals surface area contributed by atoms with Crippen molar-refractivity contribution < 1.29 is 19.2 Å². The monoisotopic (exact) mass is 462 g/mol. The summed E-state index contributed by atoms with van der Waals surface area (Å²) < 4.78 is 11.1. The van der Waals surface area contributed by atoms with Gasteiger partial charge in [-0.15, -0.1) is 0 Å². The first kappa shape index (κ1) is 25.1. The molecule has 3 rings (SSSR count). The second kappa shape index (κ2) is 10.6. The van der Waals surface area contributed by atoms with Crippen molar-refractivity contribution in [1.82, 2.24) is 9.80 Å². The number of amides is 1. The average Bonchev–Trinajstić information content (AvgIpc) is 2.78. The van der Waals surface area contributed by atoms with Crippen LogP contribution in [0.3, 0.4) is 0 Å². The van der Waals surface area contributed by atoms with E-state index in [-0.39, 0.29) is 16.7 Å². The standard InChI is InChI=1S/C24H38N4O5/c1-6-18-16-21(28(30)31)22(32-7-2)17-20(18)26-10-8-19(9-11-26)25-12-14-27(15-13-25)23(29)33-24(3,4)5/h16-17,19H,6-15H2,1-5H3. The number of piperidine rings is 1. The van der Waals surface area contributed by atoms with E-state index in [0.717, 1.165) is 56.7 Å². The second-order valence-electron chi connectivity index (χ2n) is 9.71. The van der Waals surface area contributed by atoms with Gasteiger partial charge in [-0.2, -0.15) is 0 Å². The summed E-state index contributed by atoms with van der Waals surface area (Å²) in [5.41, 5.74) is 1.59. The van der Waals surface area contributed by atoms with Crippen molar-refractivity contribution in [3.63, 3.8) is 0 Å². The maximum Gasteiger partial charge on any atom is 0.410 e. The number of hydrogen-bond acceptors (Lipinski definition) is 7. The maximum atomic E-state index is 12.3. The van der Waals surface area contributed by atoms with Crippen molar-refractivity contribution >= 4 is 17.5 Å². The van der Waals surface area contributed by atoms with Gasteiger partial charge in [-0.3, -0.25) is 15.0 Å². The number of carbonyl (C=O) groups excluding carboxylic acids is 1. The van der Waals surface area contributed by atoms with Crippen molar-refractivity contribution in [2.45, 2.75) is 65.5 Å². The van der Waals surface area contributed by atoms with Gasteiger partial charge in [-0.05, 0) is 52.5 Å². The first-order chi connectivity index (χ1) is 15.6. The highest BCUT2D eigenvalue weighted by molar-refractivity contribution is 5.68. The highest BCUT2D eigenvalue weighted by Gasteiger charge is 2.31. The Hall–Kier alpha value is -2.55. The second-order valence-corrected chi connectivity index (χ2v) is 9.71. The summed E-state index contributed by atoms with van der Waals surface area (Å²) in [6, 6.07) is 4.00. The van der Waals surface area contributed by atoms with Crippen LogP contribution >= 0.6 is 0 Å². The van der Waals surface area contributed by atoms with Crippen LogP contribution in [0.4, 0.5) is 16.2 Å². The van der Waals surface area contributed by atoms with Crippen LogP contribution in [-0.2, 0) is 11.2 Å². The fourth-order valence-electron chi connectivity index (χ4n) is 4.66. The van der Waals surface area contributed by atoms with E-state index in [0.29, 0.717) is 31.5 Å². The number of nitro groups is 1. The summed E-state index contributed by atoms with van der Waals surface area (Å²) in [5.74, 6) is 0.343. The molecule has 9 nitrogen and oxygen atoms in total. The lowest BCUT2D eigenvalue weighted by atomic mass is 9.99. The van der Waals surface area contributed by atoms with Gasteiger partial charge in [0.15, 0.2) is 5.75 Å². The Balaban J connectivity index is 1.60. The normalized spacial score (nSPS) is 18.3. The number of rotatable bonds is 6. The number of carbonyl (C=O) groups is 1. The molecular formula is C24H38N4O5. The lowest BCUT2D eigenvalue weighted by molar-refractivity contribution is -0.385. The Labute approximate surface area is 196 Å². The fourth-order valence-corrected chi connectivity index (χ4v) is 4.66. The van der Waals surface area contributed by atoms with Crippen LogP contribution < -0.4 is 9.64 Å². The van der Waals surface area contributed by atoms with Crippen molar-refractivity contribution in [3.05, 3.63) is 27.8 Å². The number of nitro benzene ring substituents is 1. The third-order valence-corrected chi connectivity index (χ3v) is 6.33. The SMILES string of the molecule is CCOc1cc(N2CCC(N3CCN(C(=O)OC(C)(C)C)CC3)CC2)c(CC)cc1[N+](=O)[O-]. The van der Waals surface area contributed by atoms with Gasteiger partial charge >= 0.3 is 11.8 Å². The molecule has 0 radical (unpaired) electrons. The van der Waals surface area contributed by atoms with Crippen molar-refractivity contribution in [1.29, 1.82) is 0 Å². The van der Waals surface area contributed by atoms with Gasteiger partial charge in [-0.25, -0.2) is 4.79 Å². The summed E-state index contributed by atoms with van der Waals surface area (Å²) in [7, 11) is 0. The largest absolute Gasteiger partial charge is 0.487 e. The zero-order chi connectivity index (χ0) is 24.2. The summed E-state index contributed by atoms with van der Waals surface area (Å²) in [6.45, 7) is 14.8. The molecule has 0 atom stereocenters. The Morgan fingerprint density at radius 3 is 2.24 bits per heavy atom. The molecule has 1 aromatic carbocycles. The lowest BCUT2D eigenvalue weighted by Gasteiger charge is -2.43. The van der Waals surface area contributed by atoms with E-state index in [2.05, 4.69) is 9.80 Å². The Morgan fingerprint density at radius 2 is 1.73 bits per heavy atom. The molecule has 2 heterocycles. The van der Waals surface area contributed by atoms with Crippen LogP contribution in [0.15, 0.2) is 12.1 Å². The van der Waals surface area contributed by atoms with Gasteiger partial charge in [0.1, 0.15) is 5.60 Å². The third kappa shape index (κ3) is 6.28. The summed E-state index contributed by atoms with van der Waals surface area (Å²) in [5, 5.41) is 11.5. The molecule has 1 aromatic rings. The third-order valence-electron chi connectivity index (χ3n) is 6.33. The highest BCUT2D eigenvalue weighted by atomic mass is 16.6. The fraction of sp³-hybridized carbons (Fsp3) is 0.708. The van der Waals surface area contributed by atoms with E-state index in [9.17, 15) is 14.9 Å². The van der Waals surface area contributed by atoms with E-state index in [1.54, 1.807) is 11.0 Å². The van der Waals surface area contributed by atoms with E-state index in [4.69, 9.17) is 9.47 Å². The average molecular weight is 463 g/mol. The first-order valence-corrected chi connectivity index (χ1v) is 12.0. The zero-order valence-electron chi connectivity index (χ0n) is 20.6. The van der Waals surface area contributed by atoms with Crippen LogP contribution in [-0.4, -0.2) is 78.3 Å². The molecule has 0 saturated carbocycles. The molecule has 0 N–H and O–H groups in total. The Kier molecular flexibility index (Phi) is 8.05. The van der Waals surface area contributed by atoms with Crippen LogP contribution in [0.5, 0.6) is 5.75 Å². The number of piperazine rings is 1. The van der Waals surface area contributed by atoms with Crippen LogP contribution in [0.2, 0.25) is 0 Å². The maximum absolute atomic E-state index is 12.3. The minimum absolute atomic E-state index is 0.0372. The van der Waals surface area contributed by atoms with Gasteiger partial charge < -0.3 is 19.3 Å². The number of ether oxygens (including phenoxy) is 2. The molecule has 0 aliphatic carbocycles. The molecule has 1 amide bonds. The van der Waals surface area contributed by atoms with Crippen molar-refractivity contribution in [3.8, 4) is 5.75 Å². The first-order valence-electron chi connectivity index (χ1n) is 12.0. The molecule has 2 fully saturated rings. The topological polar surface area (TPSA) is 88.4 Å². The molecule has 2 aliphatic rings. The van der Waals surface area contributed by atoms with Gasteiger partial charge in [0.25, 0.3) is 0 Å². The van der Waals surface area contributed by atoms with Gasteiger partial charge in [0, 0.05) is 63.1 Å². The summed E-state index contributed by atoms with van der Waals surface area (Å²) in [4.78, 5) is 30.1. The minimum atomic E-state index is -0.474. The van der Waals surface area contributed by atoms with Crippen LogP contribution in [0.1, 0.15) is 53.0 Å². The van der Waals surface area contributed by atoms with Crippen molar-refractivity contribution in [2.24, 2.45) is 0 Å². The minimum Gasteiger partial charge on any atom is -0.487 e. The zero-order valence-corrected chi connectivity index (χ0v) is 20.6. The van der Waals surface area contributed by atoms with Gasteiger partial charge in [-0.1, -0.05) is 6.92 Å². The van der Waals surface area contributed by atoms with E-state index < -0.39 is 5.60 Å². The van der Waals surface area contributed by atoms with Crippen LogP contribution in [0, 0.1) is 10.1 Å². The van der Waals surface area contributed by atoms with E-state index in [1.807, 2.05) is 40.7 Å². The smallest absolute Gasteiger partial charge is 0.410 e. The predicted octanol–water partition coefficient (Wildman–Crippen LogP) is 4.08. The molecule has 9 heteroatoms. The molecule has 2 aliphatic heterocycles. The van der Waals surface area contributed by atoms with E-state index >= 15 is 0 Å². The summed E-state index contributed by atoms with van der Waals surface area (Å²) in [6.07, 6.45) is 2.55. The molecule has 2 saturated heterocycles. The van der Waals surface area contributed by atoms with Crippen molar-refractivity contribution in [2.75, 3.05) is 50.8 Å². The molecule has 33 heavy (non-hydrogen) atoms. The number of benzene rings is 1. The van der Waals surface area contributed by atoms with Gasteiger partial charge in [0.2, 0.25) is 0 Å². The highest BCUT2D eigenvalue weighted by Crippen LogP contribution is 2.37. The molecular weight excluding hydrogens is 424 g/mol. The summed E-state index contributed by atoms with van der Waals surface area (Å²) >= 11 is 0. The molecule has 0 spiro atoms. The molecule has 0 bridgehead atoms. The predicted molar refractivity (Wildman–Crippen MR) is 128 cm³/mol. The lowest BCUT2D eigenvalue weighted by Crippen LogP contribution is -2.55. The molecule has 184 valence electrons. The quantitative estimate of drug-likeness (QED) is 0.465. The number of anilines is 1. The van der Waals surface area contributed by atoms with E-state index in [1.165, 1.54) is 0 Å². The Morgan fingerprint density at radius 1 is 1.09 bits per heavy atom. The molecule has 0 aromatic heterocycles.